The number of rotatable bonds is 9. The third kappa shape index (κ3) is 6.11. The maximum atomic E-state index is 13.9. The lowest BCUT2D eigenvalue weighted by atomic mass is 10.0. The molecule has 1 fully saturated rings. The molecule has 1 unspecified atom stereocenters. The number of furan rings is 1. The van der Waals surface area contributed by atoms with Gasteiger partial charge in [-0.1, -0.05) is 48.5 Å². The molecular formula is C31H31FN2O4. The van der Waals surface area contributed by atoms with Crippen LogP contribution in [0.25, 0.3) is 10.8 Å². The van der Waals surface area contributed by atoms with E-state index in [9.17, 15) is 14.0 Å². The number of hydrogen-bond donors (Lipinski definition) is 0. The van der Waals surface area contributed by atoms with Gasteiger partial charge >= 0.3 is 0 Å². The Morgan fingerprint density at radius 3 is 2.45 bits per heavy atom. The topological polar surface area (TPSA) is 63.0 Å². The third-order valence-corrected chi connectivity index (χ3v) is 6.86. The number of fused-ring (bicyclic) bond motifs is 1. The Balaban J connectivity index is 1.42. The molecule has 6 nitrogen and oxygen atoms in total. The van der Waals surface area contributed by atoms with Crippen molar-refractivity contribution in [2.24, 2.45) is 0 Å². The second-order valence-corrected chi connectivity index (χ2v) is 9.74. The summed E-state index contributed by atoms with van der Waals surface area (Å²) in [6.07, 6.45) is 1.67. The summed E-state index contributed by atoms with van der Waals surface area (Å²) in [7, 11) is 0. The lowest BCUT2D eigenvalue weighted by molar-refractivity contribution is -0.133. The van der Waals surface area contributed by atoms with Crippen LogP contribution in [-0.2, 0) is 22.6 Å². The van der Waals surface area contributed by atoms with Crippen molar-refractivity contribution in [1.82, 2.24) is 9.80 Å². The van der Waals surface area contributed by atoms with Gasteiger partial charge in [0.15, 0.2) is 0 Å². The minimum atomic E-state index is -0.336. The molecule has 0 N–H and O–H groups in total. The summed E-state index contributed by atoms with van der Waals surface area (Å²) in [5.41, 5.74) is 1.34. The second-order valence-electron chi connectivity index (χ2n) is 9.74. The van der Waals surface area contributed by atoms with Gasteiger partial charge in [0.25, 0.3) is 5.91 Å². The van der Waals surface area contributed by atoms with Crippen LogP contribution >= 0.6 is 0 Å². The van der Waals surface area contributed by atoms with Crippen molar-refractivity contribution in [3.63, 3.8) is 0 Å². The van der Waals surface area contributed by atoms with Crippen LogP contribution in [0.4, 0.5) is 4.39 Å². The van der Waals surface area contributed by atoms with Gasteiger partial charge in [-0.05, 0) is 66.4 Å². The first-order chi connectivity index (χ1) is 18.5. The molecule has 0 spiro atoms. The van der Waals surface area contributed by atoms with Crippen LogP contribution in [0.3, 0.4) is 0 Å². The van der Waals surface area contributed by atoms with E-state index in [-0.39, 0.29) is 43.4 Å². The molecule has 3 aromatic carbocycles. The summed E-state index contributed by atoms with van der Waals surface area (Å²) < 4.78 is 25.1. The van der Waals surface area contributed by atoms with E-state index in [0.717, 1.165) is 34.9 Å². The molecule has 1 aliphatic heterocycles. The summed E-state index contributed by atoms with van der Waals surface area (Å²) in [6.45, 7) is 3.22. The van der Waals surface area contributed by atoms with Crippen LogP contribution in [0.2, 0.25) is 0 Å². The fourth-order valence-corrected chi connectivity index (χ4v) is 4.90. The molecule has 1 atom stereocenters. The van der Waals surface area contributed by atoms with E-state index in [1.165, 1.54) is 12.1 Å². The normalized spacial score (nSPS) is 15.1. The van der Waals surface area contributed by atoms with Gasteiger partial charge < -0.3 is 19.0 Å². The summed E-state index contributed by atoms with van der Waals surface area (Å²) in [4.78, 5) is 30.9. The van der Waals surface area contributed by atoms with Crippen molar-refractivity contribution < 1.29 is 23.1 Å². The van der Waals surface area contributed by atoms with E-state index in [1.807, 2.05) is 55.5 Å². The standard InChI is InChI=1S/C31H31FN2O4/c1-22-11-16-27(38-22)20-33(18-23-12-14-25(32)15-13-23)30(35)21-34(19-26-8-5-17-37-26)31(36)29-10-4-7-24-6-2-3-9-28(24)29/h2-4,6-7,9-16,26H,5,8,17-21H2,1H3. The fraction of sp³-hybridized carbons (Fsp3) is 0.290. The van der Waals surface area contributed by atoms with Gasteiger partial charge in [0.1, 0.15) is 23.9 Å². The van der Waals surface area contributed by atoms with E-state index in [2.05, 4.69) is 0 Å². The summed E-state index contributed by atoms with van der Waals surface area (Å²) in [6, 6.07) is 23.1. The number of carbonyl (C=O) groups is 2. The van der Waals surface area contributed by atoms with Crippen LogP contribution in [0.1, 0.15) is 40.3 Å². The van der Waals surface area contributed by atoms with Crippen LogP contribution < -0.4 is 0 Å². The summed E-state index contributed by atoms with van der Waals surface area (Å²) in [5, 5.41) is 1.81. The highest BCUT2D eigenvalue weighted by atomic mass is 19.1. The van der Waals surface area contributed by atoms with Crippen molar-refractivity contribution in [1.29, 1.82) is 0 Å². The molecule has 1 aliphatic rings. The Kier molecular flexibility index (Phi) is 7.84. The SMILES string of the molecule is Cc1ccc(CN(Cc2ccc(F)cc2)C(=O)CN(CC2CCCO2)C(=O)c2cccc3ccccc23)o1. The predicted octanol–water partition coefficient (Wildman–Crippen LogP) is 5.73. The Labute approximate surface area is 221 Å². The molecule has 1 saturated heterocycles. The average molecular weight is 515 g/mol. The molecule has 196 valence electrons. The molecule has 2 amide bonds. The lowest BCUT2D eigenvalue weighted by Gasteiger charge is -2.29. The molecule has 1 aromatic heterocycles. The van der Waals surface area contributed by atoms with Crippen molar-refractivity contribution in [2.75, 3.05) is 19.7 Å². The lowest BCUT2D eigenvalue weighted by Crippen LogP contribution is -2.45. The molecule has 0 saturated carbocycles. The Bertz CT molecular complexity index is 1400. The number of aryl methyl sites for hydroxylation is 1. The Hall–Kier alpha value is -3.97. The molecule has 7 heteroatoms. The average Bonchev–Trinajstić information content (AvgIpc) is 3.60. The molecule has 5 rings (SSSR count). The number of halogens is 1. The minimum Gasteiger partial charge on any atom is -0.464 e. The molecule has 0 radical (unpaired) electrons. The zero-order chi connectivity index (χ0) is 26.5. The minimum absolute atomic E-state index is 0.108. The van der Waals surface area contributed by atoms with Crippen molar-refractivity contribution >= 4 is 22.6 Å². The van der Waals surface area contributed by atoms with E-state index in [4.69, 9.17) is 9.15 Å². The maximum Gasteiger partial charge on any atom is 0.255 e. The van der Waals surface area contributed by atoms with Crippen LogP contribution in [0.15, 0.2) is 83.3 Å². The maximum absolute atomic E-state index is 13.9. The van der Waals surface area contributed by atoms with Gasteiger partial charge in [0.2, 0.25) is 5.91 Å². The van der Waals surface area contributed by atoms with Crippen LogP contribution in [0, 0.1) is 12.7 Å². The van der Waals surface area contributed by atoms with E-state index in [0.29, 0.717) is 24.5 Å². The van der Waals surface area contributed by atoms with Crippen molar-refractivity contribution in [2.45, 2.75) is 39.0 Å². The van der Waals surface area contributed by atoms with Crippen molar-refractivity contribution in [3.05, 3.63) is 107 Å². The molecule has 4 aromatic rings. The molecule has 0 bridgehead atoms. The van der Waals surface area contributed by atoms with Gasteiger partial charge in [-0.25, -0.2) is 4.39 Å². The number of nitrogens with zero attached hydrogens (tertiary/aromatic N) is 2. The highest BCUT2D eigenvalue weighted by Crippen LogP contribution is 2.22. The predicted molar refractivity (Wildman–Crippen MR) is 143 cm³/mol. The highest BCUT2D eigenvalue weighted by molar-refractivity contribution is 6.07. The van der Waals surface area contributed by atoms with Gasteiger partial charge in [0, 0.05) is 25.3 Å². The first kappa shape index (κ1) is 25.7. The molecule has 0 aliphatic carbocycles. The van der Waals surface area contributed by atoms with Gasteiger partial charge in [-0.3, -0.25) is 9.59 Å². The smallest absolute Gasteiger partial charge is 0.255 e. The zero-order valence-corrected chi connectivity index (χ0v) is 21.4. The van der Waals surface area contributed by atoms with Gasteiger partial charge in [-0.15, -0.1) is 0 Å². The summed E-state index contributed by atoms with van der Waals surface area (Å²) in [5.74, 6) is 0.622. The second kappa shape index (κ2) is 11.6. The van der Waals surface area contributed by atoms with E-state index < -0.39 is 0 Å². The molecule has 38 heavy (non-hydrogen) atoms. The monoisotopic (exact) mass is 514 g/mol. The van der Waals surface area contributed by atoms with Crippen molar-refractivity contribution in [3.8, 4) is 0 Å². The largest absolute Gasteiger partial charge is 0.464 e. The number of carbonyl (C=O) groups excluding carboxylic acids is 2. The van der Waals surface area contributed by atoms with Crippen LogP contribution in [0.5, 0.6) is 0 Å². The van der Waals surface area contributed by atoms with E-state index in [1.54, 1.807) is 28.0 Å². The first-order valence-electron chi connectivity index (χ1n) is 12.9. The number of benzene rings is 3. The molecule has 2 heterocycles. The number of amides is 2. The molecular weight excluding hydrogens is 483 g/mol. The fourth-order valence-electron chi connectivity index (χ4n) is 4.90. The number of hydrogen-bond acceptors (Lipinski definition) is 4. The van der Waals surface area contributed by atoms with E-state index >= 15 is 0 Å². The van der Waals surface area contributed by atoms with Gasteiger partial charge in [-0.2, -0.15) is 0 Å². The third-order valence-electron chi connectivity index (χ3n) is 6.86. The van der Waals surface area contributed by atoms with Crippen LogP contribution in [-0.4, -0.2) is 47.4 Å². The Morgan fingerprint density at radius 1 is 0.921 bits per heavy atom. The number of ether oxygens (including phenoxy) is 1. The first-order valence-corrected chi connectivity index (χ1v) is 12.9. The summed E-state index contributed by atoms with van der Waals surface area (Å²) >= 11 is 0. The van der Waals surface area contributed by atoms with Gasteiger partial charge in [0.05, 0.1) is 12.6 Å². The Morgan fingerprint density at radius 2 is 1.71 bits per heavy atom. The quantitative estimate of drug-likeness (QED) is 0.286. The highest BCUT2D eigenvalue weighted by Gasteiger charge is 2.28. The zero-order valence-electron chi connectivity index (χ0n) is 21.4.